The lowest BCUT2D eigenvalue weighted by molar-refractivity contribution is -0.143. The lowest BCUT2D eigenvalue weighted by Gasteiger charge is -2.15. The van der Waals surface area contributed by atoms with Crippen LogP contribution in [0.4, 0.5) is 36.8 Å². The maximum absolute atomic E-state index is 12.8. The van der Waals surface area contributed by atoms with E-state index in [9.17, 15) is 31.1 Å². The number of benzene rings is 2. The fraction of sp³-hybridized carbons (Fsp3) is 0.278. The van der Waals surface area contributed by atoms with Crippen molar-refractivity contribution in [3.63, 3.8) is 0 Å². The van der Waals surface area contributed by atoms with Crippen LogP contribution in [-0.2, 0) is 18.8 Å². The van der Waals surface area contributed by atoms with Gasteiger partial charge in [-0.05, 0) is 42.3 Å². The van der Waals surface area contributed by atoms with Crippen molar-refractivity contribution in [1.82, 2.24) is 5.32 Å². The Labute approximate surface area is 156 Å². The largest absolute Gasteiger partial charge is 0.497 e. The molecule has 0 aliphatic carbocycles. The SMILES string of the molecule is COc1cccc(CCNC(=O)Nc2cc(C(F)(F)F)cc(C(F)(F)F)c2)c1. The van der Waals surface area contributed by atoms with Gasteiger partial charge < -0.3 is 15.4 Å². The Kier molecular flexibility index (Phi) is 6.42. The maximum atomic E-state index is 12.8. The Morgan fingerprint density at radius 1 is 0.964 bits per heavy atom. The first-order valence-electron chi connectivity index (χ1n) is 7.96. The van der Waals surface area contributed by atoms with Crippen LogP contribution in [0.3, 0.4) is 0 Å². The van der Waals surface area contributed by atoms with E-state index in [-0.39, 0.29) is 12.6 Å². The van der Waals surface area contributed by atoms with Crippen molar-refractivity contribution in [1.29, 1.82) is 0 Å². The van der Waals surface area contributed by atoms with Gasteiger partial charge in [-0.1, -0.05) is 12.1 Å². The Balaban J connectivity index is 2.04. The maximum Gasteiger partial charge on any atom is 0.416 e. The average molecular weight is 406 g/mol. The number of alkyl halides is 6. The van der Waals surface area contributed by atoms with Gasteiger partial charge in [0.15, 0.2) is 0 Å². The highest BCUT2D eigenvalue weighted by Crippen LogP contribution is 2.37. The van der Waals surface area contributed by atoms with Crippen LogP contribution in [0.1, 0.15) is 16.7 Å². The van der Waals surface area contributed by atoms with E-state index in [2.05, 4.69) is 5.32 Å². The molecule has 0 bridgehead atoms. The lowest BCUT2D eigenvalue weighted by atomic mass is 10.1. The van der Waals surface area contributed by atoms with Crippen LogP contribution in [0, 0.1) is 0 Å². The first-order valence-corrected chi connectivity index (χ1v) is 7.96. The molecule has 0 radical (unpaired) electrons. The third-order valence-electron chi connectivity index (χ3n) is 3.68. The third kappa shape index (κ3) is 6.07. The molecule has 28 heavy (non-hydrogen) atoms. The second kappa shape index (κ2) is 8.41. The molecule has 0 aliphatic rings. The van der Waals surface area contributed by atoms with Crippen LogP contribution in [0.15, 0.2) is 42.5 Å². The number of carbonyl (C=O) groups is 1. The van der Waals surface area contributed by atoms with Crippen LogP contribution >= 0.6 is 0 Å². The van der Waals surface area contributed by atoms with Gasteiger partial charge in [0.2, 0.25) is 0 Å². The molecule has 0 saturated heterocycles. The fourth-order valence-corrected chi connectivity index (χ4v) is 2.35. The normalized spacial score (nSPS) is 11.8. The minimum atomic E-state index is -4.99. The van der Waals surface area contributed by atoms with E-state index >= 15 is 0 Å². The summed E-state index contributed by atoms with van der Waals surface area (Å²) in [5, 5.41) is 4.38. The molecule has 0 spiro atoms. The van der Waals surface area contributed by atoms with Crippen molar-refractivity contribution in [2.75, 3.05) is 19.0 Å². The van der Waals surface area contributed by atoms with Gasteiger partial charge >= 0.3 is 18.4 Å². The number of ether oxygens (including phenoxy) is 1. The van der Waals surface area contributed by atoms with Gasteiger partial charge in [-0.3, -0.25) is 0 Å². The first-order chi connectivity index (χ1) is 13.0. The molecule has 0 aromatic heterocycles. The minimum Gasteiger partial charge on any atom is -0.497 e. The molecule has 2 aromatic carbocycles. The molecule has 0 atom stereocenters. The van der Waals surface area contributed by atoms with E-state index in [0.29, 0.717) is 24.3 Å². The number of hydrogen-bond acceptors (Lipinski definition) is 2. The summed E-state index contributed by atoms with van der Waals surface area (Å²) in [6.07, 6.45) is -9.58. The van der Waals surface area contributed by atoms with Gasteiger partial charge in [-0.15, -0.1) is 0 Å². The second-order valence-electron chi connectivity index (χ2n) is 5.78. The number of methoxy groups -OCH3 is 1. The summed E-state index contributed by atoms with van der Waals surface area (Å²) in [7, 11) is 1.50. The summed E-state index contributed by atoms with van der Waals surface area (Å²) in [5.41, 5.74) is -2.79. The molecular formula is C18H16F6N2O2. The van der Waals surface area contributed by atoms with Crippen LogP contribution in [0.2, 0.25) is 0 Å². The Hall–Kier alpha value is -2.91. The standard InChI is InChI=1S/C18H16F6N2O2/c1-28-15-4-2-3-11(7-15)5-6-25-16(27)26-14-9-12(17(19,20)21)8-13(10-14)18(22,23)24/h2-4,7-10H,5-6H2,1H3,(H2,25,26,27). The summed E-state index contributed by atoms with van der Waals surface area (Å²) in [6.45, 7) is 0.115. The molecule has 2 rings (SSSR count). The van der Waals surface area contributed by atoms with Gasteiger partial charge in [0, 0.05) is 12.2 Å². The summed E-state index contributed by atoms with van der Waals surface area (Å²) < 4.78 is 82.0. The highest BCUT2D eigenvalue weighted by molar-refractivity contribution is 5.89. The van der Waals surface area contributed by atoms with Gasteiger partial charge in [0.25, 0.3) is 0 Å². The number of anilines is 1. The number of rotatable bonds is 5. The zero-order chi connectivity index (χ0) is 20.9. The topological polar surface area (TPSA) is 50.4 Å². The average Bonchev–Trinajstić information content (AvgIpc) is 2.60. The van der Waals surface area contributed by atoms with Gasteiger partial charge in [-0.2, -0.15) is 26.3 Å². The zero-order valence-electron chi connectivity index (χ0n) is 14.5. The molecule has 2 amide bonds. The number of amides is 2. The van der Waals surface area contributed by atoms with Gasteiger partial charge in [-0.25, -0.2) is 4.79 Å². The zero-order valence-corrected chi connectivity index (χ0v) is 14.5. The Morgan fingerprint density at radius 2 is 1.57 bits per heavy atom. The number of urea groups is 1. The van der Waals surface area contributed by atoms with Crippen molar-refractivity contribution in [2.45, 2.75) is 18.8 Å². The molecule has 2 N–H and O–H groups in total. The molecule has 0 unspecified atom stereocenters. The molecule has 0 heterocycles. The Bertz CT molecular complexity index is 801. The molecular weight excluding hydrogens is 390 g/mol. The molecule has 152 valence electrons. The lowest BCUT2D eigenvalue weighted by Crippen LogP contribution is -2.30. The predicted octanol–water partition coefficient (Wildman–Crippen LogP) is 5.10. The van der Waals surface area contributed by atoms with E-state index < -0.39 is 35.2 Å². The number of nitrogens with one attached hydrogen (secondary N) is 2. The summed E-state index contributed by atoms with van der Waals surface area (Å²) in [5.74, 6) is 0.616. The van der Waals surface area contributed by atoms with E-state index in [0.717, 1.165) is 5.56 Å². The van der Waals surface area contributed by atoms with Crippen molar-refractivity contribution in [2.24, 2.45) is 0 Å². The molecule has 2 aromatic rings. The van der Waals surface area contributed by atoms with E-state index in [4.69, 9.17) is 4.74 Å². The molecule has 0 fully saturated rings. The van der Waals surface area contributed by atoms with E-state index in [1.807, 2.05) is 5.32 Å². The fourth-order valence-electron chi connectivity index (χ4n) is 2.35. The summed E-state index contributed by atoms with van der Waals surface area (Å²) >= 11 is 0. The van der Waals surface area contributed by atoms with Gasteiger partial charge in [0.05, 0.1) is 18.2 Å². The van der Waals surface area contributed by atoms with Crippen molar-refractivity contribution >= 4 is 11.7 Å². The second-order valence-corrected chi connectivity index (χ2v) is 5.78. The van der Waals surface area contributed by atoms with Crippen LogP contribution in [0.5, 0.6) is 5.75 Å². The number of carbonyl (C=O) groups excluding carboxylic acids is 1. The molecule has 0 saturated carbocycles. The van der Waals surface area contributed by atoms with Crippen molar-refractivity contribution < 1.29 is 35.9 Å². The predicted molar refractivity (Wildman–Crippen MR) is 90.2 cm³/mol. The quantitative estimate of drug-likeness (QED) is 0.679. The Morgan fingerprint density at radius 3 is 2.11 bits per heavy atom. The molecule has 0 aliphatic heterocycles. The van der Waals surface area contributed by atoms with E-state index in [1.54, 1.807) is 24.3 Å². The third-order valence-corrected chi connectivity index (χ3v) is 3.68. The highest BCUT2D eigenvalue weighted by Gasteiger charge is 2.37. The first kappa shape index (κ1) is 21.4. The van der Waals surface area contributed by atoms with Crippen LogP contribution in [0.25, 0.3) is 0 Å². The smallest absolute Gasteiger partial charge is 0.416 e. The monoisotopic (exact) mass is 406 g/mol. The highest BCUT2D eigenvalue weighted by atomic mass is 19.4. The number of halogens is 6. The molecule has 10 heteroatoms. The van der Waals surface area contributed by atoms with Crippen LogP contribution in [-0.4, -0.2) is 19.7 Å². The van der Waals surface area contributed by atoms with Crippen LogP contribution < -0.4 is 15.4 Å². The summed E-state index contributed by atoms with van der Waals surface area (Å²) in [4.78, 5) is 11.8. The van der Waals surface area contributed by atoms with E-state index in [1.165, 1.54) is 7.11 Å². The number of hydrogen-bond donors (Lipinski definition) is 2. The molecule has 4 nitrogen and oxygen atoms in total. The van der Waals surface area contributed by atoms with Crippen molar-refractivity contribution in [3.8, 4) is 5.75 Å². The summed E-state index contributed by atoms with van der Waals surface area (Å²) in [6, 6.07) is 6.95. The van der Waals surface area contributed by atoms with Gasteiger partial charge in [0.1, 0.15) is 5.75 Å². The van der Waals surface area contributed by atoms with Crippen molar-refractivity contribution in [3.05, 3.63) is 59.2 Å². The minimum absolute atomic E-state index is 0.00806.